The van der Waals surface area contributed by atoms with Gasteiger partial charge in [-0.2, -0.15) is 0 Å². The maximum absolute atomic E-state index is 14.0. The van der Waals surface area contributed by atoms with Gasteiger partial charge in [0.2, 0.25) is 11.8 Å². The van der Waals surface area contributed by atoms with E-state index in [2.05, 4.69) is 10.6 Å². The minimum absolute atomic E-state index is 0.00983. The number of methoxy groups -OCH3 is 1. The number of rotatable bonds is 17. The van der Waals surface area contributed by atoms with Crippen molar-refractivity contribution in [3.05, 3.63) is 70.3 Å². The molecule has 0 spiro atoms. The van der Waals surface area contributed by atoms with Gasteiger partial charge in [0, 0.05) is 56.5 Å². The topological polar surface area (TPSA) is 171 Å². The zero-order valence-electron chi connectivity index (χ0n) is 26.1. The summed E-state index contributed by atoms with van der Waals surface area (Å²) in [5.74, 6) is -4.56. The van der Waals surface area contributed by atoms with Gasteiger partial charge in [0.1, 0.15) is 23.8 Å². The molecule has 0 aromatic heterocycles. The third kappa shape index (κ3) is 10.6. The van der Waals surface area contributed by atoms with Crippen molar-refractivity contribution in [2.75, 3.05) is 26.8 Å². The van der Waals surface area contributed by atoms with E-state index in [1.807, 2.05) is 13.8 Å². The molecule has 0 saturated heterocycles. The number of aliphatic hydroxyl groups excluding tert-OH is 2. The summed E-state index contributed by atoms with van der Waals surface area (Å²) >= 11 is 0. The Balaban J connectivity index is 2.51. The van der Waals surface area contributed by atoms with Crippen molar-refractivity contribution in [2.45, 2.75) is 70.7 Å². The Morgan fingerprint density at radius 3 is 2.02 bits per heavy atom. The van der Waals surface area contributed by atoms with Crippen LogP contribution in [0.1, 0.15) is 78.0 Å². The Kier molecular flexibility index (Phi) is 13.6. The molecule has 0 aliphatic carbocycles. The van der Waals surface area contributed by atoms with Crippen LogP contribution in [-0.4, -0.2) is 89.8 Å². The van der Waals surface area contributed by atoms with Gasteiger partial charge in [-0.3, -0.25) is 19.2 Å². The van der Waals surface area contributed by atoms with Gasteiger partial charge in [0.05, 0.1) is 13.5 Å². The smallest absolute Gasteiger partial charge is 0.253 e. The van der Waals surface area contributed by atoms with E-state index in [1.165, 1.54) is 25.1 Å². The molecular weight excluding hydrogens is 578 g/mol. The van der Waals surface area contributed by atoms with Crippen LogP contribution in [0.4, 0.5) is 8.78 Å². The lowest BCUT2D eigenvalue weighted by Gasteiger charge is -2.33. The first-order valence-electron chi connectivity index (χ1n) is 15.0. The third-order valence-electron chi connectivity index (χ3n) is 6.83. The Labute approximate surface area is 257 Å². The molecule has 6 N–H and O–H groups in total. The van der Waals surface area contributed by atoms with Crippen LogP contribution in [0.3, 0.4) is 0 Å². The van der Waals surface area contributed by atoms with Crippen LogP contribution in [0.15, 0.2) is 36.4 Å². The predicted molar refractivity (Wildman–Crippen MR) is 159 cm³/mol. The quantitative estimate of drug-likeness (QED) is 0.168. The Morgan fingerprint density at radius 2 is 1.48 bits per heavy atom. The van der Waals surface area contributed by atoms with E-state index in [4.69, 9.17) is 11.8 Å². The maximum Gasteiger partial charge on any atom is 0.253 e. The molecule has 0 fully saturated rings. The highest BCUT2D eigenvalue weighted by Crippen LogP contribution is 2.18. The fourth-order valence-electron chi connectivity index (χ4n) is 4.83. The molecule has 2 aromatic rings. The molecule has 0 aliphatic heterocycles. The molecule has 4 amide bonds. The van der Waals surface area contributed by atoms with Crippen LogP contribution in [-0.2, 0) is 16.0 Å². The standard InChI is InChI=1S/C31H42F2N4O7/c1-5-8-37(9-6-2)31(43)22-15-20(29(34)41)14-21(16-22)30(42)36-26(13-19-11-23(32)17-24(33)12-19)28(40)27(39)25(7-10-44-4)35-18(3)38/h11-12,14-17,25-28,39-40H,5-10,13H2,1-4H3,(H2,34,41)(H,35,38)(H,36,42)/t25-,26+,27-,28-/m1/s1/i4D. The van der Waals surface area contributed by atoms with Crippen molar-refractivity contribution < 1.29 is 44.3 Å². The lowest BCUT2D eigenvalue weighted by atomic mass is 9.92. The van der Waals surface area contributed by atoms with E-state index in [9.17, 15) is 38.2 Å². The Morgan fingerprint density at radius 1 is 0.909 bits per heavy atom. The number of ether oxygens (including phenoxy) is 1. The van der Waals surface area contributed by atoms with Gasteiger partial charge < -0.3 is 36.2 Å². The molecule has 44 heavy (non-hydrogen) atoms. The van der Waals surface area contributed by atoms with Crippen molar-refractivity contribution in [3.63, 3.8) is 0 Å². The summed E-state index contributed by atoms with van der Waals surface area (Å²) < 4.78 is 40.2. The van der Waals surface area contributed by atoms with E-state index in [-0.39, 0.29) is 48.8 Å². The summed E-state index contributed by atoms with van der Waals surface area (Å²) in [6.07, 6.45) is -2.55. The number of amides is 4. The average molecular weight is 622 g/mol. The summed E-state index contributed by atoms with van der Waals surface area (Å²) in [5.41, 5.74) is 5.27. The van der Waals surface area contributed by atoms with Crippen LogP contribution in [0, 0.1) is 11.6 Å². The molecule has 13 heteroatoms. The van der Waals surface area contributed by atoms with Gasteiger partial charge in [-0.1, -0.05) is 13.8 Å². The van der Waals surface area contributed by atoms with Crippen molar-refractivity contribution >= 4 is 23.6 Å². The first kappa shape index (κ1) is 34.5. The van der Waals surface area contributed by atoms with Gasteiger partial charge in [-0.05, 0) is 61.6 Å². The second-order valence-corrected chi connectivity index (χ2v) is 10.5. The first-order chi connectivity index (χ1) is 21.3. The van der Waals surface area contributed by atoms with E-state index in [0.29, 0.717) is 32.0 Å². The number of aliphatic hydroxyl groups is 2. The molecule has 242 valence electrons. The number of carbonyl (C=O) groups is 4. The highest BCUT2D eigenvalue weighted by molar-refractivity contribution is 6.04. The minimum atomic E-state index is -1.81. The van der Waals surface area contributed by atoms with Crippen molar-refractivity contribution in [2.24, 2.45) is 5.73 Å². The van der Waals surface area contributed by atoms with Crippen molar-refractivity contribution in [1.82, 2.24) is 15.5 Å². The lowest BCUT2D eigenvalue weighted by molar-refractivity contribution is -0.121. The Bertz CT molecular complexity index is 1310. The highest BCUT2D eigenvalue weighted by Gasteiger charge is 2.34. The SMILES string of the molecule is [2H]COCC[C@@H](NC(C)=O)[C@@H](O)[C@H](O)[C@H](Cc1cc(F)cc(F)c1)NC(=O)c1cc(C(N)=O)cc(C(=O)N(CCC)CCC)c1. The van der Waals surface area contributed by atoms with E-state index < -0.39 is 59.6 Å². The van der Waals surface area contributed by atoms with Crippen LogP contribution in [0.5, 0.6) is 0 Å². The van der Waals surface area contributed by atoms with Gasteiger partial charge in [-0.25, -0.2) is 8.78 Å². The Hall–Kier alpha value is -3.94. The number of nitrogens with one attached hydrogen (secondary N) is 2. The van der Waals surface area contributed by atoms with Crippen LogP contribution in [0.2, 0.25) is 0 Å². The largest absolute Gasteiger partial charge is 0.388 e. The lowest BCUT2D eigenvalue weighted by Crippen LogP contribution is -2.56. The molecule has 0 heterocycles. The monoisotopic (exact) mass is 621 g/mol. The fraction of sp³-hybridized carbons (Fsp3) is 0.484. The number of carbonyl (C=O) groups excluding carboxylic acids is 4. The number of nitrogens with two attached hydrogens (primary N) is 1. The van der Waals surface area contributed by atoms with Crippen molar-refractivity contribution in [3.8, 4) is 0 Å². The van der Waals surface area contributed by atoms with Gasteiger partial charge >= 0.3 is 0 Å². The van der Waals surface area contributed by atoms with Gasteiger partial charge in [-0.15, -0.1) is 0 Å². The molecule has 0 unspecified atom stereocenters. The predicted octanol–water partition coefficient (Wildman–Crippen LogP) is 1.93. The van der Waals surface area contributed by atoms with Crippen LogP contribution >= 0.6 is 0 Å². The first-order valence-corrected chi connectivity index (χ1v) is 14.3. The summed E-state index contributed by atoms with van der Waals surface area (Å²) in [6, 6.07) is 3.87. The summed E-state index contributed by atoms with van der Waals surface area (Å²) in [5, 5.41) is 27.4. The van der Waals surface area contributed by atoms with Crippen molar-refractivity contribution in [1.29, 1.82) is 0 Å². The number of primary amides is 1. The second kappa shape index (κ2) is 17.4. The van der Waals surface area contributed by atoms with E-state index in [0.717, 1.165) is 12.1 Å². The number of hydrogen-bond acceptors (Lipinski definition) is 7. The summed E-state index contributed by atoms with van der Waals surface area (Å²) in [7, 11) is -0.376. The van der Waals surface area contributed by atoms with E-state index in [1.54, 1.807) is 4.90 Å². The maximum atomic E-state index is 14.0. The zero-order chi connectivity index (χ0) is 33.7. The number of halogens is 2. The molecule has 11 nitrogen and oxygen atoms in total. The molecular formula is C31H42F2N4O7. The van der Waals surface area contributed by atoms with Gasteiger partial charge in [0.25, 0.3) is 11.8 Å². The minimum Gasteiger partial charge on any atom is -0.388 e. The fourth-order valence-corrected chi connectivity index (χ4v) is 4.83. The molecule has 0 radical (unpaired) electrons. The third-order valence-corrected chi connectivity index (χ3v) is 6.83. The molecule has 0 aliphatic rings. The number of hydrogen-bond donors (Lipinski definition) is 5. The summed E-state index contributed by atoms with van der Waals surface area (Å²) in [4.78, 5) is 52.4. The number of nitrogens with zero attached hydrogens (tertiary/aromatic N) is 1. The molecule has 0 saturated carbocycles. The van der Waals surface area contributed by atoms with Crippen LogP contribution in [0.25, 0.3) is 0 Å². The molecule has 4 atom stereocenters. The zero-order valence-corrected chi connectivity index (χ0v) is 25.1. The van der Waals surface area contributed by atoms with Crippen LogP contribution < -0.4 is 16.4 Å². The average Bonchev–Trinajstić information content (AvgIpc) is 2.98. The van der Waals surface area contributed by atoms with Gasteiger partial charge in [0.15, 0.2) is 0 Å². The van der Waals surface area contributed by atoms with E-state index >= 15 is 0 Å². The number of benzene rings is 2. The molecule has 2 rings (SSSR count). The summed E-state index contributed by atoms with van der Waals surface area (Å²) in [6.45, 7) is 5.82. The normalized spacial score (nSPS) is 14.1. The highest BCUT2D eigenvalue weighted by atomic mass is 19.1. The molecule has 0 bridgehead atoms. The second-order valence-electron chi connectivity index (χ2n) is 10.5. The molecule has 2 aromatic carbocycles.